The number of piperidine rings is 1. The van der Waals surface area contributed by atoms with Gasteiger partial charge in [0.1, 0.15) is 0 Å². The number of hydrogen-bond donors (Lipinski definition) is 1. The van der Waals surface area contributed by atoms with Gasteiger partial charge in [-0.1, -0.05) is 32.1 Å². The standard InChI is InChI=1S/C15H28N2O/c1-17(12-9-13-5-3-2-4-6-13)15(18)14-7-10-16-11-8-14/h13-14,16H,2-12H2,1H3. The molecule has 1 amide bonds. The van der Waals surface area contributed by atoms with Gasteiger partial charge in [0.25, 0.3) is 0 Å². The molecule has 2 rings (SSSR count). The number of carbonyl (C=O) groups excluding carboxylic acids is 1. The van der Waals surface area contributed by atoms with Crippen LogP contribution in [0.2, 0.25) is 0 Å². The van der Waals surface area contributed by atoms with Gasteiger partial charge < -0.3 is 10.2 Å². The third-order valence-corrected chi connectivity index (χ3v) is 4.66. The predicted molar refractivity (Wildman–Crippen MR) is 74.4 cm³/mol. The maximum absolute atomic E-state index is 12.3. The van der Waals surface area contributed by atoms with Crippen molar-refractivity contribution in [1.82, 2.24) is 10.2 Å². The topological polar surface area (TPSA) is 32.3 Å². The van der Waals surface area contributed by atoms with Crippen LogP contribution in [0.3, 0.4) is 0 Å². The Morgan fingerprint density at radius 1 is 1.11 bits per heavy atom. The minimum Gasteiger partial charge on any atom is -0.346 e. The molecular formula is C15H28N2O. The van der Waals surface area contributed by atoms with Gasteiger partial charge in [-0.2, -0.15) is 0 Å². The van der Waals surface area contributed by atoms with Crippen molar-refractivity contribution >= 4 is 5.91 Å². The zero-order valence-electron chi connectivity index (χ0n) is 11.8. The van der Waals surface area contributed by atoms with Crippen LogP contribution in [-0.4, -0.2) is 37.5 Å². The van der Waals surface area contributed by atoms with E-state index in [0.717, 1.165) is 38.4 Å². The first-order valence-electron chi connectivity index (χ1n) is 7.73. The van der Waals surface area contributed by atoms with E-state index in [9.17, 15) is 4.79 Å². The molecule has 1 aliphatic heterocycles. The molecule has 0 spiro atoms. The molecule has 0 radical (unpaired) electrons. The Balaban J connectivity index is 1.69. The van der Waals surface area contributed by atoms with Crippen LogP contribution < -0.4 is 5.32 Å². The number of nitrogens with one attached hydrogen (secondary N) is 1. The second kappa shape index (κ2) is 7.13. The van der Waals surface area contributed by atoms with Crippen LogP contribution >= 0.6 is 0 Å². The highest BCUT2D eigenvalue weighted by Crippen LogP contribution is 2.26. The quantitative estimate of drug-likeness (QED) is 0.833. The van der Waals surface area contributed by atoms with E-state index in [0.29, 0.717) is 5.91 Å². The molecule has 1 saturated heterocycles. The molecule has 2 aliphatic rings. The van der Waals surface area contributed by atoms with Crippen molar-refractivity contribution in [2.24, 2.45) is 11.8 Å². The molecule has 0 aromatic rings. The number of amides is 1. The van der Waals surface area contributed by atoms with Crippen molar-refractivity contribution < 1.29 is 4.79 Å². The van der Waals surface area contributed by atoms with Crippen LogP contribution in [0.15, 0.2) is 0 Å². The molecule has 3 heteroatoms. The first kappa shape index (κ1) is 13.9. The Kier molecular flexibility index (Phi) is 5.48. The zero-order chi connectivity index (χ0) is 12.8. The van der Waals surface area contributed by atoms with Crippen molar-refractivity contribution in [2.75, 3.05) is 26.7 Å². The van der Waals surface area contributed by atoms with E-state index in [1.165, 1.54) is 38.5 Å². The van der Waals surface area contributed by atoms with Crippen LogP contribution in [0, 0.1) is 11.8 Å². The fourth-order valence-corrected chi connectivity index (χ4v) is 3.34. The molecule has 0 aromatic carbocycles. The summed E-state index contributed by atoms with van der Waals surface area (Å²) in [5, 5.41) is 3.32. The summed E-state index contributed by atoms with van der Waals surface area (Å²) in [6.45, 7) is 2.98. The van der Waals surface area contributed by atoms with E-state index < -0.39 is 0 Å². The molecule has 0 unspecified atom stereocenters. The summed E-state index contributed by atoms with van der Waals surface area (Å²) < 4.78 is 0. The van der Waals surface area contributed by atoms with E-state index in [2.05, 4.69) is 5.32 Å². The largest absolute Gasteiger partial charge is 0.346 e. The van der Waals surface area contributed by atoms with Crippen molar-refractivity contribution in [3.05, 3.63) is 0 Å². The molecule has 1 aliphatic carbocycles. The predicted octanol–water partition coefficient (Wildman–Crippen LogP) is 2.41. The Hall–Kier alpha value is -0.570. The molecule has 1 saturated carbocycles. The minimum absolute atomic E-state index is 0.280. The Morgan fingerprint density at radius 3 is 2.44 bits per heavy atom. The van der Waals surface area contributed by atoms with Gasteiger partial charge in [0.15, 0.2) is 0 Å². The molecule has 2 fully saturated rings. The van der Waals surface area contributed by atoms with E-state index >= 15 is 0 Å². The summed E-state index contributed by atoms with van der Waals surface area (Å²) in [6.07, 6.45) is 10.2. The van der Waals surface area contributed by atoms with Gasteiger partial charge in [-0.25, -0.2) is 0 Å². The van der Waals surface area contributed by atoms with E-state index in [1.54, 1.807) is 0 Å². The molecule has 3 nitrogen and oxygen atoms in total. The van der Waals surface area contributed by atoms with E-state index in [4.69, 9.17) is 0 Å². The van der Waals surface area contributed by atoms with Crippen molar-refractivity contribution in [3.8, 4) is 0 Å². The number of nitrogens with zero attached hydrogens (tertiary/aromatic N) is 1. The molecule has 0 atom stereocenters. The zero-order valence-corrected chi connectivity index (χ0v) is 11.8. The number of carbonyl (C=O) groups is 1. The molecule has 18 heavy (non-hydrogen) atoms. The molecule has 0 aromatic heterocycles. The highest BCUT2D eigenvalue weighted by molar-refractivity contribution is 5.78. The Labute approximate surface area is 111 Å². The first-order valence-corrected chi connectivity index (χ1v) is 7.73. The Morgan fingerprint density at radius 2 is 1.78 bits per heavy atom. The third-order valence-electron chi connectivity index (χ3n) is 4.66. The van der Waals surface area contributed by atoms with E-state index in [-0.39, 0.29) is 5.92 Å². The lowest BCUT2D eigenvalue weighted by atomic mass is 9.87. The highest BCUT2D eigenvalue weighted by Gasteiger charge is 2.24. The number of hydrogen-bond acceptors (Lipinski definition) is 2. The van der Waals surface area contributed by atoms with Gasteiger partial charge in [0, 0.05) is 19.5 Å². The lowest BCUT2D eigenvalue weighted by Gasteiger charge is -2.29. The average molecular weight is 252 g/mol. The van der Waals surface area contributed by atoms with Crippen LogP contribution in [0.5, 0.6) is 0 Å². The van der Waals surface area contributed by atoms with Gasteiger partial charge in [-0.05, 0) is 38.3 Å². The fourth-order valence-electron chi connectivity index (χ4n) is 3.34. The van der Waals surface area contributed by atoms with Crippen LogP contribution in [-0.2, 0) is 4.79 Å². The summed E-state index contributed by atoms with van der Waals surface area (Å²) in [7, 11) is 1.99. The molecule has 0 bridgehead atoms. The molecular weight excluding hydrogens is 224 g/mol. The van der Waals surface area contributed by atoms with Crippen molar-refractivity contribution in [1.29, 1.82) is 0 Å². The monoisotopic (exact) mass is 252 g/mol. The van der Waals surface area contributed by atoms with Gasteiger partial charge in [-0.15, -0.1) is 0 Å². The van der Waals surface area contributed by atoms with Crippen molar-refractivity contribution in [2.45, 2.75) is 51.4 Å². The smallest absolute Gasteiger partial charge is 0.225 e. The minimum atomic E-state index is 0.280. The summed E-state index contributed by atoms with van der Waals surface area (Å²) in [6, 6.07) is 0. The lowest BCUT2D eigenvalue weighted by Crippen LogP contribution is -2.39. The second-order valence-electron chi connectivity index (χ2n) is 6.08. The first-order chi connectivity index (χ1) is 8.77. The average Bonchev–Trinajstić information content (AvgIpc) is 2.46. The van der Waals surface area contributed by atoms with Gasteiger partial charge in [-0.3, -0.25) is 4.79 Å². The van der Waals surface area contributed by atoms with Gasteiger partial charge in [0.2, 0.25) is 5.91 Å². The van der Waals surface area contributed by atoms with Crippen LogP contribution in [0.25, 0.3) is 0 Å². The molecule has 1 heterocycles. The summed E-state index contributed by atoms with van der Waals surface area (Å²) in [4.78, 5) is 14.3. The molecule has 1 N–H and O–H groups in total. The summed E-state index contributed by atoms with van der Waals surface area (Å²) >= 11 is 0. The van der Waals surface area contributed by atoms with Crippen LogP contribution in [0.1, 0.15) is 51.4 Å². The van der Waals surface area contributed by atoms with E-state index in [1.807, 2.05) is 11.9 Å². The summed E-state index contributed by atoms with van der Waals surface area (Å²) in [5.41, 5.74) is 0. The van der Waals surface area contributed by atoms with Crippen LogP contribution in [0.4, 0.5) is 0 Å². The number of rotatable bonds is 4. The lowest BCUT2D eigenvalue weighted by molar-refractivity contribution is -0.135. The van der Waals surface area contributed by atoms with Crippen molar-refractivity contribution in [3.63, 3.8) is 0 Å². The fraction of sp³-hybridized carbons (Fsp3) is 0.933. The van der Waals surface area contributed by atoms with Gasteiger partial charge >= 0.3 is 0 Å². The third kappa shape index (κ3) is 3.98. The second-order valence-corrected chi connectivity index (χ2v) is 6.08. The normalized spacial score (nSPS) is 22.9. The summed E-state index contributed by atoms with van der Waals surface area (Å²) in [5.74, 6) is 1.54. The maximum Gasteiger partial charge on any atom is 0.225 e. The maximum atomic E-state index is 12.3. The van der Waals surface area contributed by atoms with Gasteiger partial charge in [0.05, 0.1) is 0 Å². The molecule has 104 valence electrons. The highest BCUT2D eigenvalue weighted by atomic mass is 16.2. The Bertz CT molecular complexity index is 255. The SMILES string of the molecule is CN(CCC1CCCCC1)C(=O)C1CCNCC1.